The number of likely N-dealkylation sites (N-methyl/N-ethyl adjacent to an activating group) is 1. The average Bonchev–Trinajstić information content (AvgIpc) is 2.44. The number of hydrogen-bond donors (Lipinski definition) is 2. The van der Waals surface area contributed by atoms with Crippen LogP contribution >= 0.6 is 0 Å². The molecule has 0 spiro atoms. The molecule has 1 heterocycles. The molecular weight excluding hydrogens is 256 g/mol. The molecule has 0 aliphatic carbocycles. The van der Waals surface area contributed by atoms with Crippen molar-refractivity contribution in [3.05, 3.63) is 0 Å². The molecule has 118 valence electrons. The Bertz CT molecular complexity index is 289. The molecule has 20 heavy (non-hydrogen) atoms. The van der Waals surface area contributed by atoms with Crippen LogP contribution < -0.4 is 5.32 Å². The Morgan fingerprint density at radius 2 is 2.20 bits per heavy atom. The molecule has 1 rings (SSSR count). The topological polar surface area (TPSA) is 61.8 Å². The molecule has 0 aromatic carbocycles. The second-order valence-corrected chi connectivity index (χ2v) is 6.53. The van der Waals surface area contributed by atoms with E-state index in [2.05, 4.69) is 5.32 Å². The molecule has 1 aliphatic heterocycles. The minimum Gasteiger partial charge on any atom is -0.396 e. The van der Waals surface area contributed by atoms with E-state index >= 15 is 0 Å². The molecule has 0 bridgehead atoms. The van der Waals surface area contributed by atoms with Gasteiger partial charge in [0.2, 0.25) is 0 Å². The molecule has 1 saturated heterocycles. The zero-order valence-electron chi connectivity index (χ0n) is 13.2. The highest BCUT2D eigenvalue weighted by atomic mass is 16.5. The normalized spacial score (nSPS) is 19.7. The number of ether oxygens (including phenoxy) is 1. The van der Waals surface area contributed by atoms with Gasteiger partial charge >= 0.3 is 6.03 Å². The van der Waals surface area contributed by atoms with Crippen LogP contribution in [0.15, 0.2) is 0 Å². The lowest BCUT2D eigenvalue weighted by atomic mass is 9.89. The number of nitrogens with one attached hydrogen (secondary N) is 1. The highest BCUT2D eigenvalue weighted by Gasteiger charge is 2.19. The molecular formula is C15H30N2O3. The Hall–Kier alpha value is -0.810. The number of aliphatic hydroxyl groups is 1. The summed E-state index contributed by atoms with van der Waals surface area (Å²) >= 11 is 0. The Morgan fingerprint density at radius 3 is 2.80 bits per heavy atom. The average molecular weight is 286 g/mol. The van der Waals surface area contributed by atoms with Crippen LogP contribution in [-0.4, -0.2) is 55.5 Å². The molecule has 1 fully saturated rings. The van der Waals surface area contributed by atoms with Gasteiger partial charge in [-0.1, -0.05) is 13.8 Å². The lowest BCUT2D eigenvalue weighted by Crippen LogP contribution is -2.43. The number of urea groups is 1. The molecule has 5 nitrogen and oxygen atoms in total. The largest absolute Gasteiger partial charge is 0.396 e. The fourth-order valence-electron chi connectivity index (χ4n) is 2.32. The second-order valence-electron chi connectivity index (χ2n) is 6.53. The van der Waals surface area contributed by atoms with Crippen LogP contribution in [0.3, 0.4) is 0 Å². The van der Waals surface area contributed by atoms with E-state index in [1.54, 1.807) is 4.90 Å². The van der Waals surface area contributed by atoms with E-state index in [1.165, 1.54) is 6.42 Å². The van der Waals surface area contributed by atoms with E-state index in [-0.39, 0.29) is 24.2 Å². The maximum atomic E-state index is 11.9. The summed E-state index contributed by atoms with van der Waals surface area (Å²) in [7, 11) is 1.81. The summed E-state index contributed by atoms with van der Waals surface area (Å²) in [6.45, 7) is 6.37. The quantitative estimate of drug-likeness (QED) is 0.704. The van der Waals surface area contributed by atoms with Gasteiger partial charge < -0.3 is 20.1 Å². The molecule has 0 aromatic rings. The predicted molar refractivity (Wildman–Crippen MR) is 79.7 cm³/mol. The van der Waals surface area contributed by atoms with Crippen LogP contribution in [0.25, 0.3) is 0 Å². The number of carbonyl (C=O) groups excluding carboxylic acids is 1. The Kier molecular flexibility index (Phi) is 7.30. The van der Waals surface area contributed by atoms with Crippen molar-refractivity contribution >= 4 is 6.03 Å². The molecule has 1 aliphatic rings. The first kappa shape index (κ1) is 17.2. The minimum atomic E-state index is -0.0629. The van der Waals surface area contributed by atoms with Crippen molar-refractivity contribution in [2.45, 2.75) is 52.1 Å². The smallest absolute Gasteiger partial charge is 0.317 e. The summed E-state index contributed by atoms with van der Waals surface area (Å²) in [6.07, 6.45) is 5.34. The number of amides is 2. The third-order valence-corrected chi connectivity index (χ3v) is 3.83. The molecule has 0 radical (unpaired) electrons. The van der Waals surface area contributed by atoms with Crippen LogP contribution in [0.5, 0.6) is 0 Å². The molecule has 5 heteroatoms. The van der Waals surface area contributed by atoms with Gasteiger partial charge in [-0.2, -0.15) is 0 Å². The summed E-state index contributed by atoms with van der Waals surface area (Å²) in [5, 5.41) is 12.1. The summed E-state index contributed by atoms with van der Waals surface area (Å²) in [6, 6.07) is -0.0408. The number of aliphatic hydroxyl groups excluding tert-OH is 1. The van der Waals surface area contributed by atoms with Gasteiger partial charge in [0.1, 0.15) is 0 Å². The van der Waals surface area contributed by atoms with Crippen LogP contribution in [0, 0.1) is 5.41 Å². The summed E-state index contributed by atoms with van der Waals surface area (Å²) in [4.78, 5) is 13.6. The van der Waals surface area contributed by atoms with Gasteiger partial charge in [0, 0.05) is 33.4 Å². The van der Waals surface area contributed by atoms with E-state index in [4.69, 9.17) is 9.84 Å². The molecule has 0 aromatic heterocycles. The molecule has 2 amide bonds. The van der Waals surface area contributed by atoms with Crippen molar-refractivity contribution in [2.24, 2.45) is 5.41 Å². The van der Waals surface area contributed by atoms with Gasteiger partial charge in [-0.05, 0) is 37.5 Å². The zero-order valence-corrected chi connectivity index (χ0v) is 13.2. The van der Waals surface area contributed by atoms with Gasteiger partial charge in [-0.15, -0.1) is 0 Å². The van der Waals surface area contributed by atoms with E-state index in [1.807, 2.05) is 20.9 Å². The van der Waals surface area contributed by atoms with E-state index in [9.17, 15) is 4.79 Å². The Balaban J connectivity index is 2.14. The number of rotatable bonds is 7. The SMILES string of the molecule is CN(CC1CCCCO1)C(=O)NCCCC(C)(C)CO. The number of carbonyl (C=O) groups is 1. The number of hydrogen-bond acceptors (Lipinski definition) is 3. The van der Waals surface area contributed by atoms with Gasteiger partial charge in [0.25, 0.3) is 0 Å². The van der Waals surface area contributed by atoms with E-state index in [0.717, 1.165) is 32.3 Å². The van der Waals surface area contributed by atoms with E-state index in [0.29, 0.717) is 13.1 Å². The highest BCUT2D eigenvalue weighted by molar-refractivity contribution is 5.73. The van der Waals surface area contributed by atoms with Gasteiger partial charge in [-0.3, -0.25) is 0 Å². The fourth-order valence-corrected chi connectivity index (χ4v) is 2.32. The van der Waals surface area contributed by atoms with Crippen molar-refractivity contribution in [1.82, 2.24) is 10.2 Å². The number of nitrogens with zero attached hydrogens (tertiary/aromatic N) is 1. The first-order chi connectivity index (χ1) is 9.44. The third kappa shape index (κ3) is 6.57. The fraction of sp³-hybridized carbons (Fsp3) is 0.933. The van der Waals surface area contributed by atoms with Crippen LogP contribution in [0.4, 0.5) is 4.79 Å². The lowest BCUT2D eigenvalue weighted by molar-refractivity contribution is 0.00386. The first-order valence-electron chi connectivity index (χ1n) is 7.66. The van der Waals surface area contributed by atoms with E-state index < -0.39 is 0 Å². The van der Waals surface area contributed by atoms with Crippen LogP contribution in [-0.2, 0) is 4.74 Å². The summed E-state index contributed by atoms with van der Waals surface area (Å²) < 4.78 is 5.63. The van der Waals surface area contributed by atoms with Crippen molar-refractivity contribution in [3.63, 3.8) is 0 Å². The second kappa shape index (κ2) is 8.47. The summed E-state index contributed by atoms with van der Waals surface area (Å²) in [5.41, 5.74) is -0.0629. The molecule has 0 saturated carbocycles. The minimum absolute atomic E-state index is 0.0408. The maximum absolute atomic E-state index is 11.9. The van der Waals surface area contributed by atoms with Crippen molar-refractivity contribution in [1.29, 1.82) is 0 Å². The van der Waals surface area contributed by atoms with Crippen molar-refractivity contribution in [2.75, 3.05) is 33.4 Å². The molecule has 1 atom stereocenters. The Labute approximate surface area is 122 Å². The van der Waals surface area contributed by atoms with Crippen LogP contribution in [0.1, 0.15) is 46.0 Å². The Morgan fingerprint density at radius 1 is 1.45 bits per heavy atom. The van der Waals surface area contributed by atoms with Gasteiger partial charge in [0.05, 0.1) is 6.10 Å². The summed E-state index contributed by atoms with van der Waals surface area (Å²) in [5.74, 6) is 0. The predicted octanol–water partition coefficient (Wildman–Crippen LogP) is 2.00. The molecule has 1 unspecified atom stereocenters. The van der Waals surface area contributed by atoms with Crippen molar-refractivity contribution < 1.29 is 14.6 Å². The third-order valence-electron chi connectivity index (χ3n) is 3.83. The molecule has 2 N–H and O–H groups in total. The van der Waals surface area contributed by atoms with Crippen LogP contribution in [0.2, 0.25) is 0 Å². The van der Waals surface area contributed by atoms with Gasteiger partial charge in [-0.25, -0.2) is 4.79 Å². The zero-order chi connectivity index (χ0) is 15.0. The standard InChI is InChI=1S/C15H30N2O3/c1-15(2,12-18)8-6-9-16-14(19)17(3)11-13-7-4-5-10-20-13/h13,18H,4-12H2,1-3H3,(H,16,19). The maximum Gasteiger partial charge on any atom is 0.317 e. The highest BCUT2D eigenvalue weighted by Crippen LogP contribution is 2.20. The van der Waals surface area contributed by atoms with Gasteiger partial charge in [0.15, 0.2) is 0 Å². The lowest BCUT2D eigenvalue weighted by Gasteiger charge is -2.27. The van der Waals surface area contributed by atoms with Crippen molar-refractivity contribution in [3.8, 4) is 0 Å². The first-order valence-corrected chi connectivity index (χ1v) is 7.66. The monoisotopic (exact) mass is 286 g/mol.